The highest BCUT2D eigenvalue weighted by molar-refractivity contribution is 5.09. The molecule has 1 saturated carbocycles. The van der Waals surface area contributed by atoms with E-state index in [0.717, 1.165) is 12.3 Å². The maximum absolute atomic E-state index is 10.1. The molecule has 0 aliphatic heterocycles. The first-order chi connectivity index (χ1) is 5.86. The van der Waals surface area contributed by atoms with Crippen LogP contribution in [-0.2, 0) is 0 Å². The molecule has 0 heterocycles. The summed E-state index contributed by atoms with van der Waals surface area (Å²) in [4.78, 5) is 0. The van der Waals surface area contributed by atoms with Crippen molar-refractivity contribution in [2.24, 2.45) is 17.3 Å². The molecular weight excluding hydrogens is 160 g/mol. The largest absolute Gasteiger partial charge is 0.386 e. The molecule has 76 valence electrons. The van der Waals surface area contributed by atoms with Crippen LogP contribution in [-0.4, -0.2) is 10.7 Å². The van der Waals surface area contributed by atoms with Crippen LogP contribution in [0.15, 0.2) is 12.7 Å². The molecule has 1 rings (SSSR count). The maximum atomic E-state index is 10.1. The number of rotatable bonds is 3. The molecule has 0 aromatic rings. The van der Waals surface area contributed by atoms with E-state index >= 15 is 0 Å². The molecule has 0 amide bonds. The summed E-state index contributed by atoms with van der Waals surface area (Å²) >= 11 is 0. The third-order valence-electron chi connectivity index (χ3n) is 4.08. The van der Waals surface area contributed by atoms with Crippen molar-refractivity contribution in [3.63, 3.8) is 0 Å². The summed E-state index contributed by atoms with van der Waals surface area (Å²) < 4.78 is 0. The second-order valence-electron chi connectivity index (χ2n) is 5.14. The van der Waals surface area contributed by atoms with E-state index in [0.29, 0.717) is 5.92 Å². The Morgan fingerprint density at radius 3 is 2.46 bits per heavy atom. The first-order valence-corrected chi connectivity index (χ1v) is 5.22. The third-order valence-corrected chi connectivity index (χ3v) is 4.08. The molecular formula is C12H22O. The van der Waals surface area contributed by atoms with Gasteiger partial charge in [-0.25, -0.2) is 0 Å². The lowest BCUT2D eigenvalue weighted by Crippen LogP contribution is -2.54. The summed E-state index contributed by atoms with van der Waals surface area (Å²) in [5.74, 6) is 1.14. The fourth-order valence-corrected chi connectivity index (χ4v) is 2.84. The summed E-state index contributed by atoms with van der Waals surface area (Å²) in [7, 11) is 0. The van der Waals surface area contributed by atoms with Gasteiger partial charge in [-0.1, -0.05) is 33.3 Å². The lowest BCUT2D eigenvalue weighted by molar-refractivity contribution is -0.124. The molecule has 1 N–H and O–H groups in total. The molecule has 1 fully saturated rings. The van der Waals surface area contributed by atoms with Gasteiger partial charge in [-0.2, -0.15) is 0 Å². The van der Waals surface area contributed by atoms with E-state index < -0.39 is 5.60 Å². The zero-order valence-electron chi connectivity index (χ0n) is 9.30. The lowest BCUT2D eigenvalue weighted by Gasteiger charge is -2.57. The van der Waals surface area contributed by atoms with E-state index in [-0.39, 0.29) is 5.41 Å². The van der Waals surface area contributed by atoms with Gasteiger partial charge in [0.05, 0.1) is 5.60 Å². The number of hydrogen-bond donors (Lipinski definition) is 1. The number of hydrogen-bond acceptors (Lipinski definition) is 1. The van der Waals surface area contributed by atoms with E-state index in [1.807, 2.05) is 6.92 Å². The fourth-order valence-electron chi connectivity index (χ4n) is 2.84. The minimum atomic E-state index is -0.685. The Hall–Kier alpha value is -0.300. The first-order valence-electron chi connectivity index (χ1n) is 5.22. The Kier molecular flexibility index (Phi) is 2.59. The van der Waals surface area contributed by atoms with Crippen LogP contribution in [0.4, 0.5) is 0 Å². The van der Waals surface area contributed by atoms with E-state index in [1.54, 1.807) is 6.08 Å². The normalized spacial score (nSPS) is 36.1. The lowest BCUT2D eigenvalue weighted by atomic mass is 9.49. The highest BCUT2D eigenvalue weighted by atomic mass is 16.3. The molecule has 0 aromatic heterocycles. The van der Waals surface area contributed by atoms with Crippen LogP contribution in [0, 0.1) is 17.3 Å². The Morgan fingerprint density at radius 2 is 2.15 bits per heavy atom. The molecule has 0 aromatic carbocycles. The molecule has 1 aliphatic rings. The Balaban J connectivity index is 2.73. The van der Waals surface area contributed by atoms with E-state index in [2.05, 4.69) is 27.4 Å². The van der Waals surface area contributed by atoms with Gasteiger partial charge in [0.2, 0.25) is 0 Å². The average molecular weight is 182 g/mol. The standard InChI is InChI=1S/C12H22O/c1-6-9-8-10(11(9,3)4)12(5,13)7-2/h7,9-10,13H,2,6,8H2,1,3-5H3. The summed E-state index contributed by atoms with van der Waals surface area (Å²) in [5.41, 5.74) is -0.415. The quantitative estimate of drug-likeness (QED) is 0.665. The monoisotopic (exact) mass is 182 g/mol. The van der Waals surface area contributed by atoms with Crippen molar-refractivity contribution in [3.8, 4) is 0 Å². The Labute approximate surface area is 81.9 Å². The second-order valence-corrected chi connectivity index (χ2v) is 5.14. The summed E-state index contributed by atoms with van der Waals surface area (Å²) in [5, 5.41) is 10.1. The fraction of sp³-hybridized carbons (Fsp3) is 0.833. The van der Waals surface area contributed by atoms with Crippen LogP contribution in [0.5, 0.6) is 0 Å². The van der Waals surface area contributed by atoms with Gasteiger partial charge in [0.15, 0.2) is 0 Å². The molecule has 1 heteroatoms. The summed E-state index contributed by atoms with van der Waals surface area (Å²) in [6.45, 7) is 12.3. The predicted octanol–water partition coefficient (Wildman–Crippen LogP) is 3.00. The van der Waals surface area contributed by atoms with Crippen LogP contribution in [0.1, 0.15) is 40.5 Å². The second kappa shape index (κ2) is 3.13. The molecule has 0 radical (unpaired) electrons. The minimum Gasteiger partial charge on any atom is -0.386 e. The van der Waals surface area contributed by atoms with Gasteiger partial charge in [0.25, 0.3) is 0 Å². The Bertz CT molecular complexity index is 203. The summed E-state index contributed by atoms with van der Waals surface area (Å²) in [6, 6.07) is 0. The van der Waals surface area contributed by atoms with Gasteiger partial charge in [-0.3, -0.25) is 0 Å². The molecule has 1 aliphatic carbocycles. The molecule has 0 saturated heterocycles. The van der Waals surface area contributed by atoms with Crippen molar-refractivity contribution in [1.82, 2.24) is 0 Å². The minimum absolute atomic E-state index is 0.270. The van der Waals surface area contributed by atoms with Crippen LogP contribution < -0.4 is 0 Å². The van der Waals surface area contributed by atoms with E-state index in [4.69, 9.17) is 0 Å². The van der Waals surface area contributed by atoms with Crippen LogP contribution in [0.2, 0.25) is 0 Å². The first kappa shape index (κ1) is 10.8. The zero-order valence-corrected chi connectivity index (χ0v) is 9.30. The SMILES string of the molecule is C=CC(C)(O)C1CC(CC)C1(C)C. The Morgan fingerprint density at radius 1 is 1.62 bits per heavy atom. The van der Waals surface area contributed by atoms with Crippen molar-refractivity contribution in [1.29, 1.82) is 0 Å². The van der Waals surface area contributed by atoms with Crippen LogP contribution >= 0.6 is 0 Å². The topological polar surface area (TPSA) is 20.2 Å². The molecule has 3 unspecified atom stereocenters. The maximum Gasteiger partial charge on any atom is 0.0830 e. The van der Waals surface area contributed by atoms with Crippen molar-refractivity contribution < 1.29 is 5.11 Å². The zero-order chi connectivity index (χ0) is 10.3. The summed E-state index contributed by atoms with van der Waals surface area (Å²) in [6.07, 6.45) is 4.05. The van der Waals surface area contributed by atoms with Crippen molar-refractivity contribution in [2.45, 2.75) is 46.1 Å². The van der Waals surface area contributed by atoms with Gasteiger partial charge in [-0.15, -0.1) is 6.58 Å². The smallest absolute Gasteiger partial charge is 0.0830 e. The van der Waals surface area contributed by atoms with Gasteiger partial charge < -0.3 is 5.11 Å². The molecule has 3 atom stereocenters. The predicted molar refractivity (Wildman–Crippen MR) is 56.5 cm³/mol. The van der Waals surface area contributed by atoms with Crippen molar-refractivity contribution in [3.05, 3.63) is 12.7 Å². The van der Waals surface area contributed by atoms with E-state index in [9.17, 15) is 5.11 Å². The van der Waals surface area contributed by atoms with Crippen molar-refractivity contribution >= 4 is 0 Å². The van der Waals surface area contributed by atoms with Gasteiger partial charge in [0.1, 0.15) is 0 Å². The van der Waals surface area contributed by atoms with Gasteiger partial charge >= 0.3 is 0 Å². The number of aliphatic hydroxyl groups is 1. The van der Waals surface area contributed by atoms with Crippen molar-refractivity contribution in [2.75, 3.05) is 0 Å². The molecule has 0 spiro atoms. The highest BCUT2D eigenvalue weighted by Gasteiger charge is 2.53. The molecule has 1 nitrogen and oxygen atoms in total. The average Bonchev–Trinajstić information content (AvgIpc) is 2.03. The van der Waals surface area contributed by atoms with Gasteiger partial charge in [0, 0.05) is 0 Å². The molecule has 0 bridgehead atoms. The van der Waals surface area contributed by atoms with Crippen LogP contribution in [0.3, 0.4) is 0 Å². The third kappa shape index (κ3) is 1.54. The van der Waals surface area contributed by atoms with Crippen LogP contribution in [0.25, 0.3) is 0 Å². The van der Waals surface area contributed by atoms with Gasteiger partial charge in [-0.05, 0) is 30.6 Å². The molecule has 13 heavy (non-hydrogen) atoms. The van der Waals surface area contributed by atoms with E-state index in [1.165, 1.54) is 6.42 Å². The highest BCUT2D eigenvalue weighted by Crippen LogP contribution is 2.57.